The molecular weight excluding hydrogens is 471 g/mol. The van der Waals surface area contributed by atoms with E-state index in [-0.39, 0.29) is 22.9 Å². The van der Waals surface area contributed by atoms with E-state index in [4.69, 9.17) is 4.74 Å². The molecule has 0 saturated heterocycles. The molecule has 0 bridgehead atoms. The normalized spacial score (nSPS) is 16.6. The number of carbonyl (C=O) groups is 1. The zero-order chi connectivity index (χ0) is 25.3. The molecule has 35 heavy (non-hydrogen) atoms. The Morgan fingerprint density at radius 1 is 1.06 bits per heavy atom. The molecule has 1 unspecified atom stereocenters. The van der Waals surface area contributed by atoms with Crippen molar-refractivity contribution in [1.82, 2.24) is 10.0 Å². The summed E-state index contributed by atoms with van der Waals surface area (Å²) in [6.45, 7) is 0.277. The number of sulfone groups is 1. The number of nitrogens with zero attached hydrogens (tertiary/aromatic N) is 2. The number of ether oxygens (including phenoxy) is 1. The third kappa shape index (κ3) is 4.78. The fourth-order valence-corrected chi connectivity index (χ4v) is 4.96. The van der Waals surface area contributed by atoms with Crippen LogP contribution in [0.15, 0.2) is 83.4 Å². The average molecular weight is 497 g/mol. The summed E-state index contributed by atoms with van der Waals surface area (Å²) in [4.78, 5) is 12.7. The van der Waals surface area contributed by atoms with E-state index in [9.17, 15) is 22.7 Å². The van der Waals surface area contributed by atoms with Gasteiger partial charge in [0, 0.05) is 18.9 Å². The highest BCUT2D eigenvalue weighted by Gasteiger charge is 2.41. The minimum atomic E-state index is -3.40. The summed E-state index contributed by atoms with van der Waals surface area (Å²) in [6.07, 6.45) is 1.12. The number of benzene rings is 3. The van der Waals surface area contributed by atoms with Crippen molar-refractivity contribution in [2.45, 2.75) is 17.5 Å². The van der Waals surface area contributed by atoms with Crippen LogP contribution in [0, 0.1) is 5.82 Å². The Morgan fingerprint density at radius 2 is 1.71 bits per heavy atom. The highest BCUT2D eigenvalue weighted by molar-refractivity contribution is 7.90. The molecule has 9 heteroatoms. The van der Waals surface area contributed by atoms with Crippen LogP contribution in [0.25, 0.3) is 5.57 Å². The van der Waals surface area contributed by atoms with Gasteiger partial charge in [0.1, 0.15) is 5.70 Å². The second-order valence-corrected chi connectivity index (χ2v) is 10.3. The summed E-state index contributed by atoms with van der Waals surface area (Å²) in [5.74, 6) is -1.72. The first-order valence-corrected chi connectivity index (χ1v) is 12.7. The average Bonchev–Trinajstić information content (AvgIpc) is 3.11. The van der Waals surface area contributed by atoms with Crippen LogP contribution < -0.4 is 4.74 Å². The van der Waals surface area contributed by atoms with Gasteiger partial charge in [-0.15, -0.1) is 0 Å². The Labute approximate surface area is 203 Å². The molecule has 0 aliphatic carbocycles. The number of methoxy groups -OCH3 is 1. The number of rotatable bonds is 7. The van der Waals surface area contributed by atoms with E-state index < -0.39 is 27.7 Å². The van der Waals surface area contributed by atoms with Crippen molar-refractivity contribution in [3.8, 4) is 5.75 Å². The molecule has 1 N–H and O–H groups in total. The Balaban J connectivity index is 1.90. The third-order valence-corrected chi connectivity index (χ3v) is 7.13. The van der Waals surface area contributed by atoms with Crippen LogP contribution in [0.5, 0.6) is 5.75 Å². The van der Waals surface area contributed by atoms with Gasteiger partial charge in [-0.05, 0) is 41.0 Å². The molecule has 1 aliphatic rings. The predicted octanol–water partition coefficient (Wildman–Crippen LogP) is 4.14. The number of carboxylic acids is 1. The van der Waals surface area contributed by atoms with Crippen molar-refractivity contribution in [3.63, 3.8) is 0 Å². The van der Waals surface area contributed by atoms with Gasteiger partial charge in [-0.3, -0.25) is 5.01 Å². The van der Waals surface area contributed by atoms with Crippen LogP contribution in [0.4, 0.5) is 4.39 Å². The van der Waals surface area contributed by atoms with Crippen molar-refractivity contribution in [2.24, 2.45) is 0 Å². The summed E-state index contributed by atoms with van der Waals surface area (Å²) in [5.41, 5.74) is 2.36. The fraction of sp³-hybridized carbons (Fsp3) is 0.192. The van der Waals surface area contributed by atoms with Crippen LogP contribution in [0.2, 0.25) is 0 Å². The number of aliphatic carboxylic acids is 1. The summed E-state index contributed by atoms with van der Waals surface area (Å²) in [5, 5.41) is 13.7. The summed E-state index contributed by atoms with van der Waals surface area (Å²) in [6, 6.07) is 19.4. The Bertz CT molecular complexity index is 1390. The smallest absolute Gasteiger partial charge is 0.353 e. The quantitative estimate of drug-likeness (QED) is 0.526. The lowest BCUT2D eigenvalue weighted by molar-refractivity contribution is -0.136. The summed E-state index contributed by atoms with van der Waals surface area (Å²) < 4.78 is 43.6. The Hall–Kier alpha value is -3.69. The lowest BCUT2D eigenvalue weighted by atomic mass is 9.92. The van der Waals surface area contributed by atoms with Gasteiger partial charge in [0.15, 0.2) is 21.4 Å². The first kappa shape index (κ1) is 24.4. The predicted molar refractivity (Wildman–Crippen MR) is 130 cm³/mol. The Kier molecular flexibility index (Phi) is 6.64. The molecule has 182 valence electrons. The molecular formula is C26H25FN2O5S. The number of hydrogen-bond acceptors (Lipinski definition) is 6. The van der Waals surface area contributed by atoms with Crippen molar-refractivity contribution >= 4 is 21.4 Å². The molecule has 3 aromatic rings. The van der Waals surface area contributed by atoms with E-state index in [1.54, 1.807) is 35.3 Å². The molecule has 7 nitrogen and oxygen atoms in total. The standard InChI is InChI=1S/C26H25FN2O5S/c1-28-24(18-9-12-20(13-10-18)35(3,32)33)23(19-11-14-22(34-2)21(27)15-19)25(26(30)31)29(28)16-17-7-5-4-6-8-17/h4-15,24H,16H2,1-3H3,(H,30,31). The lowest BCUT2D eigenvalue weighted by Gasteiger charge is -2.32. The van der Waals surface area contributed by atoms with E-state index in [0.717, 1.165) is 11.8 Å². The summed E-state index contributed by atoms with van der Waals surface area (Å²) >= 11 is 0. The maximum Gasteiger partial charge on any atom is 0.353 e. The lowest BCUT2D eigenvalue weighted by Crippen LogP contribution is -2.37. The second kappa shape index (κ2) is 9.52. The maximum atomic E-state index is 14.7. The number of likely N-dealkylation sites (N-methyl/N-ethyl adjacent to an activating group) is 1. The molecule has 0 aromatic heterocycles. The molecule has 4 rings (SSSR count). The topological polar surface area (TPSA) is 87.2 Å². The van der Waals surface area contributed by atoms with Crippen LogP contribution >= 0.6 is 0 Å². The Morgan fingerprint density at radius 3 is 2.26 bits per heavy atom. The van der Waals surface area contributed by atoms with Gasteiger partial charge in [0.25, 0.3) is 0 Å². The zero-order valence-electron chi connectivity index (χ0n) is 19.5. The van der Waals surface area contributed by atoms with Crippen molar-refractivity contribution in [3.05, 3.63) is 101 Å². The van der Waals surface area contributed by atoms with Crippen LogP contribution in [0.1, 0.15) is 22.7 Å². The molecule has 0 spiro atoms. The van der Waals surface area contributed by atoms with E-state index in [1.807, 2.05) is 30.3 Å². The van der Waals surface area contributed by atoms with E-state index >= 15 is 0 Å². The number of halogens is 1. The van der Waals surface area contributed by atoms with E-state index in [2.05, 4.69) is 0 Å². The van der Waals surface area contributed by atoms with Gasteiger partial charge in [-0.25, -0.2) is 22.6 Å². The monoisotopic (exact) mass is 496 g/mol. The molecule has 1 heterocycles. The van der Waals surface area contributed by atoms with Crippen LogP contribution in [0.3, 0.4) is 0 Å². The van der Waals surface area contributed by atoms with Crippen molar-refractivity contribution in [2.75, 3.05) is 20.4 Å². The SMILES string of the molecule is COc1ccc(C2=C(C(=O)O)N(Cc3ccccc3)N(C)C2c2ccc(S(C)(=O)=O)cc2)cc1F. The van der Waals surface area contributed by atoms with Gasteiger partial charge in [-0.1, -0.05) is 48.5 Å². The number of hydrogen-bond donors (Lipinski definition) is 1. The molecule has 3 aromatic carbocycles. The van der Waals surface area contributed by atoms with E-state index in [1.165, 1.54) is 31.4 Å². The molecule has 1 atom stereocenters. The second-order valence-electron chi connectivity index (χ2n) is 8.28. The number of hydrazine groups is 1. The van der Waals surface area contributed by atoms with Gasteiger partial charge in [-0.2, -0.15) is 0 Å². The largest absolute Gasteiger partial charge is 0.494 e. The molecule has 0 amide bonds. The summed E-state index contributed by atoms with van der Waals surface area (Å²) in [7, 11) is -0.289. The van der Waals surface area contributed by atoms with Crippen molar-refractivity contribution in [1.29, 1.82) is 0 Å². The van der Waals surface area contributed by atoms with Gasteiger partial charge >= 0.3 is 5.97 Å². The minimum Gasteiger partial charge on any atom is -0.494 e. The highest BCUT2D eigenvalue weighted by atomic mass is 32.2. The number of carboxylic acid groups (broad SMARTS) is 1. The molecule has 0 saturated carbocycles. The first-order valence-electron chi connectivity index (χ1n) is 10.8. The first-order chi connectivity index (χ1) is 16.6. The van der Waals surface area contributed by atoms with Gasteiger partial charge in [0.2, 0.25) is 0 Å². The highest BCUT2D eigenvalue weighted by Crippen LogP contribution is 2.46. The third-order valence-electron chi connectivity index (χ3n) is 6.01. The van der Waals surface area contributed by atoms with Gasteiger partial charge < -0.3 is 9.84 Å². The van der Waals surface area contributed by atoms with Crippen LogP contribution in [-0.4, -0.2) is 49.9 Å². The molecule has 0 fully saturated rings. The fourth-order valence-electron chi connectivity index (χ4n) is 4.33. The maximum absolute atomic E-state index is 14.7. The molecule has 0 radical (unpaired) electrons. The molecule has 1 aliphatic heterocycles. The van der Waals surface area contributed by atoms with Crippen molar-refractivity contribution < 1.29 is 27.4 Å². The van der Waals surface area contributed by atoms with Crippen LogP contribution in [-0.2, 0) is 21.2 Å². The minimum absolute atomic E-state index is 0.0121. The van der Waals surface area contributed by atoms with Gasteiger partial charge in [0.05, 0.1) is 24.6 Å². The van der Waals surface area contributed by atoms with E-state index in [0.29, 0.717) is 16.7 Å². The zero-order valence-corrected chi connectivity index (χ0v) is 20.3.